The van der Waals surface area contributed by atoms with Crippen LogP contribution in [0, 0.1) is 11.7 Å². The summed E-state index contributed by atoms with van der Waals surface area (Å²) < 4.78 is 12.8. The van der Waals surface area contributed by atoms with Crippen LogP contribution in [-0.4, -0.2) is 5.78 Å². The maximum absolute atomic E-state index is 12.8. The molecule has 1 aromatic rings. The smallest absolute Gasteiger partial charge is 0.140 e. The molecule has 2 rings (SSSR count). The molecule has 1 fully saturated rings. The van der Waals surface area contributed by atoms with E-state index < -0.39 is 0 Å². The molecular formula is C12H13FO. The minimum atomic E-state index is -0.260. The van der Waals surface area contributed by atoms with Gasteiger partial charge in [0.1, 0.15) is 11.6 Å². The van der Waals surface area contributed by atoms with Crippen LogP contribution in [0.1, 0.15) is 24.8 Å². The third-order valence-electron chi connectivity index (χ3n) is 2.83. The van der Waals surface area contributed by atoms with Crippen LogP contribution >= 0.6 is 0 Å². The van der Waals surface area contributed by atoms with E-state index in [0.29, 0.717) is 6.42 Å². The third kappa shape index (κ3) is 2.00. The summed E-state index contributed by atoms with van der Waals surface area (Å²) in [5, 5.41) is 0. The van der Waals surface area contributed by atoms with Gasteiger partial charge in [0.25, 0.3) is 0 Å². The lowest BCUT2D eigenvalue weighted by Crippen LogP contribution is -2.23. The predicted molar refractivity (Wildman–Crippen MR) is 52.5 cm³/mol. The Morgan fingerprint density at radius 2 is 2.21 bits per heavy atom. The Kier molecular flexibility index (Phi) is 2.62. The van der Waals surface area contributed by atoms with Gasteiger partial charge in [0, 0.05) is 12.3 Å². The molecule has 14 heavy (non-hydrogen) atoms. The first-order valence-electron chi connectivity index (χ1n) is 5.03. The van der Waals surface area contributed by atoms with Gasteiger partial charge in [0.2, 0.25) is 0 Å². The number of Topliss-reactive ketones (excluding diaryl/α,β-unsaturated/α-hetero) is 1. The molecule has 0 heterocycles. The molecule has 0 spiro atoms. The quantitative estimate of drug-likeness (QED) is 0.719. The highest BCUT2D eigenvalue weighted by molar-refractivity contribution is 5.83. The minimum Gasteiger partial charge on any atom is -0.299 e. The van der Waals surface area contributed by atoms with Gasteiger partial charge in [0.05, 0.1) is 0 Å². The molecule has 0 saturated heterocycles. The van der Waals surface area contributed by atoms with Crippen molar-refractivity contribution in [2.24, 2.45) is 5.92 Å². The van der Waals surface area contributed by atoms with Crippen molar-refractivity contribution in [3.63, 3.8) is 0 Å². The Labute approximate surface area is 82.9 Å². The zero-order valence-electron chi connectivity index (χ0n) is 8.00. The highest BCUT2D eigenvalue weighted by Crippen LogP contribution is 2.28. The first-order valence-corrected chi connectivity index (χ1v) is 5.03. The van der Waals surface area contributed by atoms with Crippen molar-refractivity contribution in [3.05, 3.63) is 35.6 Å². The lowest BCUT2D eigenvalue weighted by atomic mass is 9.80. The van der Waals surface area contributed by atoms with Gasteiger partial charge in [0.15, 0.2) is 0 Å². The van der Waals surface area contributed by atoms with Crippen LogP contribution in [-0.2, 0) is 11.2 Å². The van der Waals surface area contributed by atoms with Gasteiger partial charge in [-0.1, -0.05) is 18.6 Å². The monoisotopic (exact) mass is 192 g/mol. The molecular weight excluding hydrogens is 179 g/mol. The Bertz CT molecular complexity index is 342. The first kappa shape index (κ1) is 9.38. The average Bonchev–Trinajstić information content (AvgIpc) is 1.99. The Morgan fingerprint density at radius 3 is 2.79 bits per heavy atom. The molecule has 1 aromatic carbocycles. The number of hydrogen-bond acceptors (Lipinski definition) is 1. The summed E-state index contributed by atoms with van der Waals surface area (Å²) in [5.74, 6) is 0.254. The molecule has 2 heteroatoms. The summed E-state index contributed by atoms with van der Waals surface area (Å²) in [6.45, 7) is 0. The van der Waals surface area contributed by atoms with Gasteiger partial charge < -0.3 is 0 Å². The zero-order chi connectivity index (χ0) is 9.97. The number of hydrogen-bond donors (Lipinski definition) is 0. The van der Waals surface area contributed by atoms with Crippen molar-refractivity contribution in [1.29, 1.82) is 0 Å². The van der Waals surface area contributed by atoms with Crippen molar-refractivity contribution >= 4 is 5.78 Å². The van der Waals surface area contributed by atoms with Crippen LogP contribution < -0.4 is 0 Å². The van der Waals surface area contributed by atoms with Crippen molar-refractivity contribution in [3.8, 4) is 0 Å². The number of ketones is 1. The lowest BCUT2D eigenvalue weighted by Gasteiger charge is -2.23. The van der Waals surface area contributed by atoms with Crippen LogP contribution in [0.25, 0.3) is 0 Å². The number of rotatable bonds is 3. The molecule has 0 amide bonds. The van der Waals surface area contributed by atoms with Crippen molar-refractivity contribution in [2.75, 3.05) is 0 Å². The van der Waals surface area contributed by atoms with Crippen molar-refractivity contribution in [2.45, 2.75) is 25.7 Å². The molecule has 0 N–H and O–H groups in total. The van der Waals surface area contributed by atoms with Gasteiger partial charge in [-0.25, -0.2) is 4.39 Å². The van der Waals surface area contributed by atoms with E-state index in [1.807, 2.05) is 0 Å². The second kappa shape index (κ2) is 3.91. The fourth-order valence-corrected chi connectivity index (χ4v) is 1.72. The fraction of sp³-hybridized carbons (Fsp3) is 0.417. The van der Waals surface area contributed by atoms with Gasteiger partial charge in [-0.15, -0.1) is 0 Å². The first-order chi connectivity index (χ1) is 6.75. The molecule has 1 aliphatic carbocycles. The lowest BCUT2D eigenvalue weighted by molar-refractivity contribution is -0.124. The number of carbonyl (C=O) groups is 1. The molecule has 0 unspecified atom stereocenters. The summed E-state index contributed by atoms with van der Waals surface area (Å²) in [6.07, 6.45) is 3.60. The number of carbonyl (C=O) groups excluding carboxylic acids is 1. The molecule has 1 nitrogen and oxygen atoms in total. The number of halogens is 1. The van der Waals surface area contributed by atoms with Crippen molar-refractivity contribution < 1.29 is 9.18 Å². The van der Waals surface area contributed by atoms with Gasteiger partial charge in [-0.2, -0.15) is 0 Å². The normalized spacial score (nSPS) is 16.4. The molecule has 0 aliphatic heterocycles. The van der Waals surface area contributed by atoms with Gasteiger partial charge >= 0.3 is 0 Å². The van der Waals surface area contributed by atoms with Crippen LogP contribution in [0.15, 0.2) is 24.3 Å². The van der Waals surface area contributed by atoms with E-state index in [1.54, 1.807) is 12.1 Å². The zero-order valence-corrected chi connectivity index (χ0v) is 8.00. The van der Waals surface area contributed by atoms with Crippen LogP contribution in [0.5, 0.6) is 0 Å². The van der Waals surface area contributed by atoms with E-state index in [1.165, 1.54) is 18.6 Å². The summed E-state index contributed by atoms with van der Waals surface area (Å²) in [7, 11) is 0. The predicted octanol–water partition coefficient (Wildman–Crippen LogP) is 2.74. The average molecular weight is 192 g/mol. The molecule has 1 saturated carbocycles. The Balaban J connectivity index is 1.99. The van der Waals surface area contributed by atoms with E-state index >= 15 is 0 Å². The topological polar surface area (TPSA) is 17.1 Å². The molecule has 0 radical (unpaired) electrons. The SMILES string of the molecule is O=C(Cc1cccc(F)c1)C1CCC1. The summed E-state index contributed by atoms with van der Waals surface area (Å²) >= 11 is 0. The van der Waals surface area contributed by atoms with E-state index in [4.69, 9.17) is 0 Å². The highest BCUT2D eigenvalue weighted by Gasteiger charge is 2.24. The maximum atomic E-state index is 12.8. The third-order valence-corrected chi connectivity index (χ3v) is 2.83. The second-order valence-corrected chi connectivity index (χ2v) is 3.90. The molecule has 1 aliphatic rings. The standard InChI is InChI=1S/C12H13FO/c13-11-6-1-3-9(7-11)8-12(14)10-4-2-5-10/h1,3,6-7,10H,2,4-5,8H2. The maximum Gasteiger partial charge on any atom is 0.140 e. The summed E-state index contributed by atoms with van der Waals surface area (Å²) in [6, 6.07) is 6.30. The summed E-state index contributed by atoms with van der Waals surface area (Å²) in [4.78, 5) is 11.6. The summed E-state index contributed by atoms with van der Waals surface area (Å²) in [5.41, 5.74) is 0.793. The van der Waals surface area contributed by atoms with Crippen LogP contribution in [0.2, 0.25) is 0 Å². The Hall–Kier alpha value is -1.18. The van der Waals surface area contributed by atoms with Crippen LogP contribution in [0.3, 0.4) is 0 Å². The van der Waals surface area contributed by atoms with E-state index in [0.717, 1.165) is 18.4 Å². The van der Waals surface area contributed by atoms with Gasteiger partial charge in [-0.05, 0) is 30.5 Å². The Morgan fingerprint density at radius 1 is 1.43 bits per heavy atom. The minimum absolute atomic E-state index is 0.248. The molecule has 0 atom stereocenters. The molecule has 0 aromatic heterocycles. The van der Waals surface area contributed by atoms with Gasteiger partial charge in [-0.3, -0.25) is 4.79 Å². The van der Waals surface area contributed by atoms with E-state index in [-0.39, 0.29) is 17.5 Å². The largest absolute Gasteiger partial charge is 0.299 e. The molecule has 0 bridgehead atoms. The second-order valence-electron chi connectivity index (χ2n) is 3.90. The highest BCUT2D eigenvalue weighted by atomic mass is 19.1. The van der Waals surface area contributed by atoms with E-state index in [2.05, 4.69) is 0 Å². The van der Waals surface area contributed by atoms with Crippen LogP contribution in [0.4, 0.5) is 4.39 Å². The van der Waals surface area contributed by atoms with Crippen molar-refractivity contribution in [1.82, 2.24) is 0 Å². The fourth-order valence-electron chi connectivity index (χ4n) is 1.72. The molecule has 74 valence electrons. The number of benzene rings is 1. The van der Waals surface area contributed by atoms with E-state index in [9.17, 15) is 9.18 Å².